The average molecular weight is 391 g/mol. The molecule has 148 valence electrons. The summed E-state index contributed by atoms with van der Waals surface area (Å²) >= 11 is 0. The number of hydrogen-bond acceptors (Lipinski definition) is 2. The number of alkyl halides is 3. The molecule has 2 bridgehead atoms. The van der Waals surface area contributed by atoms with Crippen molar-refractivity contribution in [2.75, 3.05) is 0 Å². The van der Waals surface area contributed by atoms with Crippen molar-refractivity contribution < 1.29 is 22.4 Å². The number of halogens is 4. The first-order valence-electron chi connectivity index (χ1n) is 9.53. The van der Waals surface area contributed by atoms with Crippen LogP contribution in [0.25, 0.3) is 0 Å². The molecule has 0 radical (unpaired) electrons. The van der Waals surface area contributed by atoms with Gasteiger partial charge in [0.05, 0.1) is 11.1 Å². The Morgan fingerprint density at radius 1 is 1.00 bits per heavy atom. The topological polar surface area (TPSA) is 20.3 Å². The van der Waals surface area contributed by atoms with Crippen molar-refractivity contribution in [3.05, 3.63) is 71.0 Å². The summed E-state index contributed by atoms with van der Waals surface area (Å²) < 4.78 is 52.4. The molecule has 0 amide bonds. The molecule has 6 heteroatoms. The number of nitrogens with zero attached hydrogens (tertiary/aromatic N) is 1. The van der Waals surface area contributed by atoms with Crippen LogP contribution in [0.1, 0.15) is 47.2 Å². The summed E-state index contributed by atoms with van der Waals surface area (Å²) in [6, 6.07) is 12.8. The standard InChI is InChI=1S/C22H21F4NO/c23-20-12-16(22(24,25)26)6-9-19(20)21(28)15-10-17-7-8-18(11-15)27(17)13-14-4-2-1-3-5-14/h1-6,9,12,15,17-18H,7-8,10-11,13H2. The van der Waals surface area contributed by atoms with Crippen molar-refractivity contribution in [3.63, 3.8) is 0 Å². The maximum Gasteiger partial charge on any atom is 0.416 e. The number of piperidine rings is 1. The van der Waals surface area contributed by atoms with Crippen molar-refractivity contribution in [2.45, 2.75) is 50.5 Å². The summed E-state index contributed by atoms with van der Waals surface area (Å²) in [5.41, 5.74) is -0.0776. The van der Waals surface area contributed by atoms with Crippen molar-refractivity contribution in [1.29, 1.82) is 0 Å². The second-order valence-corrected chi connectivity index (χ2v) is 7.77. The van der Waals surface area contributed by atoms with Crippen LogP contribution in [0.5, 0.6) is 0 Å². The highest BCUT2D eigenvalue weighted by Crippen LogP contribution is 2.41. The fourth-order valence-electron chi connectivity index (χ4n) is 4.65. The molecule has 0 saturated carbocycles. The Balaban J connectivity index is 1.48. The van der Waals surface area contributed by atoms with Gasteiger partial charge in [-0.2, -0.15) is 13.2 Å². The number of hydrogen-bond donors (Lipinski definition) is 0. The van der Waals surface area contributed by atoms with E-state index in [0.717, 1.165) is 31.5 Å². The third kappa shape index (κ3) is 3.70. The minimum absolute atomic E-state index is 0.228. The number of Topliss-reactive ketones (excluding diaryl/α,β-unsaturated/α-hetero) is 1. The summed E-state index contributed by atoms with van der Waals surface area (Å²) in [7, 11) is 0. The smallest absolute Gasteiger partial charge is 0.294 e. The fraction of sp³-hybridized carbons (Fsp3) is 0.409. The van der Waals surface area contributed by atoms with Gasteiger partial charge in [-0.3, -0.25) is 9.69 Å². The first-order valence-corrected chi connectivity index (χ1v) is 9.53. The largest absolute Gasteiger partial charge is 0.416 e. The molecule has 2 fully saturated rings. The normalized spacial score (nSPS) is 25.1. The molecule has 2 atom stereocenters. The summed E-state index contributed by atoms with van der Waals surface area (Å²) in [6.45, 7) is 0.825. The van der Waals surface area contributed by atoms with Gasteiger partial charge in [0.25, 0.3) is 0 Å². The number of ketones is 1. The Morgan fingerprint density at radius 3 is 2.21 bits per heavy atom. The Hall–Kier alpha value is -2.21. The van der Waals surface area contributed by atoms with Gasteiger partial charge in [-0.05, 0) is 49.4 Å². The lowest BCUT2D eigenvalue weighted by Gasteiger charge is -2.38. The van der Waals surface area contributed by atoms with Gasteiger partial charge in [-0.25, -0.2) is 4.39 Å². The van der Waals surface area contributed by atoms with Crippen LogP contribution in [0.3, 0.4) is 0 Å². The highest BCUT2D eigenvalue weighted by atomic mass is 19.4. The van der Waals surface area contributed by atoms with E-state index in [1.54, 1.807) is 0 Å². The molecule has 2 heterocycles. The zero-order valence-corrected chi connectivity index (χ0v) is 15.3. The molecular formula is C22H21F4NO. The third-order valence-electron chi connectivity index (χ3n) is 6.02. The minimum atomic E-state index is -4.62. The second kappa shape index (κ2) is 7.32. The monoisotopic (exact) mass is 391 g/mol. The molecule has 28 heavy (non-hydrogen) atoms. The van der Waals surface area contributed by atoms with E-state index in [1.165, 1.54) is 5.56 Å². The molecule has 0 spiro atoms. The Labute approximate surface area is 161 Å². The lowest BCUT2D eigenvalue weighted by Crippen LogP contribution is -2.44. The highest BCUT2D eigenvalue weighted by molar-refractivity contribution is 5.98. The fourth-order valence-corrected chi connectivity index (χ4v) is 4.65. The zero-order valence-electron chi connectivity index (χ0n) is 15.3. The van der Waals surface area contributed by atoms with Gasteiger partial charge in [0.2, 0.25) is 0 Å². The second-order valence-electron chi connectivity index (χ2n) is 7.77. The van der Waals surface area contributed by atoms with E-state index in [0.29, 0.717) is 18.9 Å². The van der Waals surface area contributed by atoms with Gasteiger partial charge in [-0.1, -0.05) is 30.3 Å². The number of benzene rings is 2. The molecule has 0 aliphatic carbocycles. The van der Waals surface area contributed by atoms with Crippen molar-refractivity contribution >= 4 is 5.78 Å². The van der Waals surface area contributed by atoms with E-state index < -0.39 is 17.6 Å². The minimum Gasteiger partial charge on any atom is -0.294 e. The Kier molecular flexibility index (Phi) is 5.00. The average Bonchev–Trinajstić information content (AvgIpc) is 2.89. The highest BCUT2D eigenvalue weighted by Gasteiger charge is 2.43. The molecule has 2 aromatic carbocycles. The van der Waals surface area contributed by atoms with Crippen LogP contribution in [-0.2, 0) is 12.7 Å². The van der Waals surface area contributed by atoms with Crippen LogP contribution in [0.2, 0.25) is 0 Å². The Morgan fingerprint density at radius 2 is 1.64 bits per heavy atom. The first-order chi connectivity index (χ1) is 13.3. The van der Waals surface area contributed by atoms with Gasteiger partial charge in [-0.15, -0.1) is 0 Å². The first kappa shape index (κ1) is 19.1. The van der Waals surface area contributed by atoms with Crippen molar-refractivity contribution in [1.82, 2.24) is 4.90 Å². The summed E-state index contributed by atoms with van der Waals surface area (Å²) in [4.78, 5) is 15.2. The molecule has 0 N–H and O–H groups in total. The van der Waals surface area contributed by atoms with E-state index in [1.807, 2.05) is 18.2 Å². The lowest BCUT2D eigenvalue weighted by molar-refractivity contribution is -0.137. The maximum absolute atomic E-state index is 14.2. The van der Waals surface area contributed by atoms with Crippen molar-refractivity contribution in [2.24, 2.45) is 5.92 Å². The van der Waals surface area contributed by atoms with Crippen LogP contribution in [0.15, 0.2) is 48.5 Å². The molecule has 2 aliphatic heterocycles. The number of fused-ring (bicyclic) bond motifs is 2. The number of carbonyl (C=O) groups is 1. The maximum atomic E-state index is 14.2. The summed E-state index contributed by atoms with van der Waals surface area (Å²) in [6.07, 6.45) is -1.37. The molecule has 2 aliphatic rings. The van der Waals surface area contributed by atoms with Gasteiger partial charge in [0.15, 0.2) is 5.78 Å². The van der Waals surface area contributed by atoms with Gasteiger partial charge >= 0.3 is 6.18 Å². The predicted molar refractivity (Wildman–Crippen MR) is 97.3 cm³/mol. The Bertz CT molecular complexity index is 851. The molecule has 4 rings (SSSR count). The lowest BCUT2D eigenvalue weighted by atomic mass is 9.84. The number of carbonyl (C=O) groups excluding carboxylic acids is 1. The van der Waals surface area contributed by atoms with E-state index in [9.17, 15) is 22.4 Å². The molecular weight excluding hydrogens is 370 g/mol. The van der Waals surface area contributed by atoms with Crippen LogP contribution in [0, 0.1) is 11.7 Å². The van der Waals surface area contributed by atoms with Crippen LogP contribution in [0.4, 0.5) is 17.6 Å². The van der Waals surface area contributed by atoms with Crippen LogP contribution < -0.4 is 0 Å². The van der Waals surface area contributed by atoms with E-state index in [2.05, 4.69) is 17.0 Å². The van der Waals surface area contributed by atoms with E-state index in [-0.39, 0.29) is 29.3 Å². The molecule has 2 saturated heterocycles. The molecule has 0 aromatic heterocycles. The molecule has 2 unspecified atom stereocenters. The summed E-state index contributed by atoms with van der Waals surface area (Å²) in [5.74, 6) is -1.79. The third-order valence-corrected chi connectivity index (χ3v) is 6.02. The van der Waals surface area contributed by atoms with E-state index >= 15 is 0 Å². The summed E-state index contributed by atoms with van der Waals surface area (Å²) in [5, 5.41) is 0. The molecule has 2 nitrogen and oxygen atoms in total. The zero-order chi connectivity index (χ0) is 19.9. The van der Waals surface area contributed by atoms with E-state index in [4.69, 9.17) is 0 Å². The van der Waals surface area contributed by atoms with Crippen molar-refractivity contribution in [3.8, 4) is 0 Å². The van der Waals surface area contributed by atoms with Crippen LogP contribution >= 0.6 is 0 Å². The van der Waals surface area contributed by atoms with Crippen LogP contribution in [-0.4, -0.2) is 22.8 Å². The predicted octanol–water partition coefficient (Wildman–Crippen LogP) is 5.47. The van der Waals surface area contributed by atoms with Gasteiger partial charge in [0, 0.05) is 24.5 Å². The quantitative estimate of drug-likeness (QED) is 0.509. The van der Waals surface area contributed by atoms with Gasteiger partial charge < -0.3 is 0 Å². The molecule has 2 aromatic rings. The van der Waals surface area contributed by atoms with Gasteiger partial charge in [0.1, 0.15) is 5.82 Å². The number of rotatable bonds is 4. The SMILES string of the molecule is O=C(c1ccc(C(F)(F)F)cc1F)C1CC2CCC(C1)N2Cc1ccccc1.